The Labute approximate surface area is 142 Å². The Bertz CT molecular complexity index is 519. The van der Waals surface area contributed by atoms with Gasteiger partial charge in [-0.15, -0.1) is 0 Å². The first-order chi connectivity index (χ1) is 9.88. The van der Waals surface area contributed by atoms with E-state index in [1.807, 2.05) is 12.1 Å². The second-order valence-electron chi connectivity index (χ2n) is 6.33. The van der Waals surface area contributed by atoms with Crippen LogP contribution in [0.25, 0.3) is 0 Å². The predicted octanol–water partition coefficient (Wildman–Crippen LogP) is 5.74. The highest BCUT2D eigenvalue weighted by atomic mass is 79.9. The molecule has 1 aromatic rings. The molecule has 2 rings (SSSR count). The van der Waals surface area contributed by atoms with E-state index in [9.17, 15) is 10.1 Å². The second-order valence-corrected chi connectivity index (χ2v) is 8.42. The quantitative estimate of drug-likeness (QED) is 0.355. The molecule has 3 atom stereocenters. The molecule has 0 bridgehead atoms. The lowest BCUT2D eigenvalue weighted by atomic mass is 9.74. The maximum atomic E-state index is 11.2. The predicted molar refractivity (Wildman–Crippen MR) is 92.9 cm³/mol. The number of halogens is 2. The highest BCUT2D eigenvalue weighted by Crippen LogP contribution is 2.40. The van der Waals surface area contributed by atoms with Crippen molar-refractivity contribution in [3.63, 3.8) is 0 Å². The van der Waals surface area contributed by atoms with Crippen LogP contribution in [0.2, 0.25) is 0 Å². The average Bonchev–Trinajstić information content (AvgIpc) is 2.42. The van der Waals surface area contributed by atoms with Crippen molar-refractivity contribution in [2.24, 2.45) is 17.8 Å². The third kappa shape index (κ3) is 4.28. The molecule has 1 fully saturated rings. The maximum absolute atomic E-state index is 11.2. The molecule has 116 valence electrons. The van der Waals surface area contributed by atoms with Crippen molar-refractivity contribution < 1.29 is 4.92 Å². The SMILES string of the molecule is CC(C)C1CCC(Br)C(Cc2ccc(Br)cc2[N+](=O)[O-])C1. The average molecular weight is 419 g/mol. The highest BCUT2D eigenvalue weighted by molar-refractivity contribution is 9.10. The Morgan fingerprint density at radius 1 is 1.38 bits per heavy atom. The number of nitro benzene ring substituents is 1. The maximum Gasteiger partial charge on any atom is 0.273 e. The Balaban J connectivity index is 2.18. The Morgan fingerprint density at radius 2 is 2.10 bits per heavy atom. The van der Waals surface area contributed by atoms with E-state index in [1.54, 1.807) is 6.07 Å². The van der Waals surface area contributed by atoms with E-state index >= 15 is 0 Å². The first kappa shape index (κ1) is 16.9. The van der Waals surface area contributed by atoms with Gasteiger partial charge in [-0.2, -0.15) is 0 Å². The van der Waals surface area contributed by atoms with E-state index < -0.39 is 0 Å². The zero-order chi connectivity index (χ0) is 15.6. The molecule has 0 heterocycles. The van der Waals surface area contributed by atoms with Gasteiger partial charge in [-0.25, -0.2) is 0 Å². The van der Waals surface area contributed by atoms with Crippen LogP contribution in [0.4, 0.5) is 5.69 Å². The molecule has 1 aliphatic carbocycles. The van der Waals surface area contributed by atoms with Crippen molar-refractivity contribution in [2.45, 2.75) is 44.4 Å². The standard InChI is InChI=1S/C16H21Br2NO2/c1-10(2)11-4-6-15(18)13(7-11)8-12-3-5-14(17)9-16(12)19(20)21/h3,5,9-11,13,15H,4,6-8H2,1-2H3. The summed E-state index contributed by atoms with van der Waals surface area (Å²) in [5.41, 5.74) is 1.08. The van der Waals surface area contributed by atoms with Gasteiger partial charge in [-0.1, -0.05) is 51.8 Å². The summed E-state index contributed by atoms with van der Waals surface area (Å²) < 4.78 is 0.761. The number of rotatable bonds is 4. The van der Waals surface area contributed by atoms with Crippen LogP contribution in [0, 0.1) is 27.9 Å². The largest absolute Gasteiger partial charge is 0.273 e. The van der Waals surface area contributed by atoms with Gasteiger partial charge < -0.3 is 0 Å². The molecule has 0 N–H and O–H groups in total. The fraction of sp³-hybridized carbons (Fsp3) is 0.625. The van der Waals surface area contributed by atoms with Crippen LogP contribution in [0.3, 0.4) is 0 Å². The van der Waals surface area contributed by atoms with Crippen molar-refractivity contribution >= 4 is 37.5 Å². The topological polar surface area (TPSA) is 43.1 Å². The first-order valence-corrected chi connectivity index (χ1v) is 9.16. The van der Waals surface area contributed by atoms with E-state index in [1.165, 1.54) is 6.42 Å². The van der Waals surface area contributed by atoms with Crippen LogP contribution < -0.4 is 0 Å². The van der Waals surface area contributed by atoms with Gasteiger partial charge in [-0.3, -0.25) is 10.1 Å². The zero-order valence-electron chi connectivity index (χ0n) is 12.4. The van der Waals surface area contributed by atoms with Crippen molar-refractivity contribution in [1.82, 2.24) is 0 Å². The van der Waals surface area contributed by atoms with E-state index in [-0.39, 0.29) is 10.6 Å². The molecule has 21 heavy (non-hydrogen) atoms. The van der Waals surface area contributed by atoms with Gasteiger partial charge in [0.15, 0.2) is 0 Å². The monoisotopic (exact) mass is 417 g/mol. The van der Waals surface area contributed by atoms with Gasteiger partial charge in [0.1, 0.15) is 0 Å². The van der Waals surface area contributed by atoms with Gasteiger partial charge in [0, 0.05) is 20.9 Å². The molecule has 1 aromatic carbocycles. The number of benzene rings is 1. The number of alkyl halides is 1. The smallest absolute Gasteiger partial charge is 0.258 e. The molecule has 0 aromatic heterocycles. The summed E-state index contributed by atoms with van der Waals surface area (Å²) in [7, 11) is 0. The van der Waals surface area contributed by atoms with Gasteiger partial charge in [-0.05, 0) is 49.5 Å². The molecule has 3 nitrogen and oxygen atoms in total. The molecule has 5 heteroatoms. The van der Waals surface area contributed by atoms with Crippen LogP contribution in [-0.4, -0.2) is 9.75 Å². The van der Waals surface area contributed by atoms with Crippen molar-refractivity contribution in [1.29, 1.82) is 0 Å². The summed E-state index contributed by atoms with van der Waals surface area (Å²) >= 11 is 7.10. The van der Waals surface area contributed by atoms with Crippen LogP contribution in [0.1, 0.15) is 38.7 Å². The summed E-state index contributed by atoms with van der Waals surface area (Å²) in [5.74, 6) is 1.90. The lowest BCUT2D eigenvalue weighted by Gasteiger charge is -2.35. The normalized spacial score (nSPS) is 26.0. The van der Waals surface area contributed by atoms with Crippen LogP contribution >= 0.6 is 31.9 Å². The molecular weight excluding hydrogens is 398 g/mol. The summed E-state index contributed by atoms with van der Waals surface area (Å²) in [6.45, 7) is 4.55. The minimum Gasteiger partial charge on any atom is -0.258 e. The van der Waals surface area contributed by atoms with Crippen LogP contribution in [0.5, 0.6) is 0 Å². The minimum absolute atomic E-state index is 0.232. The molecular formula is C16H21Br2NO2. The fourth-order valence-electron chi connectivity index (χ4n) is 3.24. The Morgan fingerprint density at radius 3 is 2.71 bits per heavy atom. The fourth-order valence-corrected chi connectivity index (χ4v) is 4.26. The summed E-state index contributed by atoms with van der Waals surface area (Å²) in [6.07, 6.45) is 4.36. The van der Waals surface area contributed by atoms with E-state index in [0.717, 1.165) is 35.2 Å². The lowest BCUT2D eigenvalue weighted by molar-refractivity contribution is -0.385. The number of nitrogens with zero attached hydrogens (tertiary/aromatic N) is 1. The van der Waals surface area contributed by atoms with Crippen LogP contribution in [0.15, 0.2) is 22.7 Å². The van der Waals surface area contributed by atoms with Crippen molar-refractivity contribution in [3.8, 4) is 0 Å². The number of hydrogen-bond donors (Lipinski definition) is 0. The highest BCUT2D eigenvalue weighted by Gasteiger charge is 2.31. The van der Waals surface area contributed by atoms with Gasteiger partial charge in [0.25, 0.3) is 5.69 Å². The molecule has 0 saturated heterocycles. The van der Waals surface area contributed by atoms with Crippen molar-refractivity contribution in [3.05, 3.63) is 38.3 Å². The number of nitro groups is 1. The van der Waals surface area contributed by atoms with Gasteiger partial charge >= 0.3 is 0 Å². The number of hydrogen-bond acceptors (Lipinski definition) is 2. The third-order valence-electron chi connectivity index (χ3n) is 4.60. The summed E-state index contributed by atoms with van der Waals surface area (Å²) in [4.78, 5) is 11.4. The first-order valence-electron chi connectivity index (χ1n) is 7.45. The molecule has 0 spiro atoms. The van der Waals surface area contributed by atoms with Crippen molar-refractivity contribution in [2.75, 3.05) is 0 Å². The molecule has 0 aliphatic heterocycles. The molecule has 1 saturated carbocycles. The molecule has 1 aliphatic rings. The molecule has 0 amide bonds. The van der Waals surface area contributed by atoms with Gasteiger partial charge in [0.05, 0.1) is 4.92 Å². The molecule has 0 radical (unpaired) electrons. The molecule has 3 unspecified atom stereocenters. The minimum atomic E-state index is -0.272. The summed E-state index contributed by atoms with van der Waals surface area (Å²) in [5, 5.41) is 11.2. The van der Waals surface area contributed by atoms with Crippen LogP contribution in [-0.2, 0) is 6.42 Å². The lowest BCUT2D eigenvalue weighted by Crippen LogP contribution is -2.29. The Hall–Kier alpha value is -0.420. The summed E-state index contributed by atoms with van der Waals surface area (Å²) in [6, 6.07) is 5.40. The Kier molecular flexibility index (Phi) is 5.83. The third-order valence-corrected chi connectivity index (χ3v) is 6.30. The van der Waals surface area contributed by atoms with Gasteiger partial charge in [0.2, 0.25) is 0 Å². The van der Waals surface area contributed by atoms with E-state index in [4.69, 9.17) is 0 Å². The van der Waals surface area contributed by atoms with E-state index in [0.29, 0.717) is 16.7 Å². The van der Waals surface area contributed by atoms with E-state index in [2.05, 4.69) is 45.7 Å². The second kappa shape index (κ2) is 7.23. The zero-order valence-corrected chi connectivity index (χ0v) is 15.6.